The van der Waals surface area contributed by atoms with Crippen LogP contribution < -0.4 is 5.32 Å². The molecule has 0 spiro atoms. The van der Waals surface area contributed by atoms with Gasteiger partial charge < -0.3 is 14.6 Å². The van der Waals surface area contributed by atoms with Gasteiger partial charge in [-0.05, 0) is 55.0 Å². The Morgan fingerprint density at radius 3 is 2.45 bits per heavy atom. The molecule has 1 aromatic carbocycles. The van der Waals surface area contributed by atoms with Crippen LogP contribution in [0.25, 0.3) is 11.0 Å². The number of nitrogens with one attached hydrogen (secondary N) is 1. The first-order valence-corrected chi connectivity index (χ1v) is 7.62. The van der Waals surface area contributed by atoms with Crippen molar-refractivity contribution in [2.45, 2.75) is 13.8 Å². The van der Waals surface area contributed by atoms with Gasteiger partial charge in [-0.3, -0.25) is 4.79 Å². The molecule has 1 amide bonds. The molecular formula is C17H21ClN2O2. The lowest BCUT2D eigenvalue weighted by molar-refractivity contribution is 0.0752. The smallest absolute Gasteiger partial charge is 0.289 e. The second-order valence-corrected chi connectivity index (χ2v) is 6.47. The van der Waals surface area contributed by atoms with Crippen molar-refractivity contribution in [3.63, 3.8) is 0 Å². The van der Waals surface area contributed by atoms with Gasteiger partial charge in [0.1, 0.15) is 5.58 Å². The third kappa shape index (κ3) is 2.40. The fraction of sp³-hybridized carbons (Fsp3) is 0.471. The summed E-state index contributed by atoms with van der Waals surface area (Å²) in [6, 6.07) is 5.99. The van der Waals surface area contributed by atoms with Gasteiger partial charge in [-0.2, -0.15) is 0 Å². The number of halogens is 1. The van der Waals surface area contributed by atoms with Gasteiger partial charge in [0.2, 0.25) is 0 Å². The fourth-order valence-electron chi connectivity index (χ4n) is 3.58. The summed E-state index contributed by atoms with van der Waals surface area (Å²) in [5.41, 5.74) is 3.23. The maximum Gasteiger partial charge on any atom is 0.289 e. The number of likely N-dealkylation sites (tertiary alicyclic amines) is 1. The van der Waals surface area contributed by atoms with Crippen LogP contribution in [0.15, 0.2) is 22.6 Å². The number of aryl methyl sites for hydroxylation is 2. The average Bonchev–Trinajstić information content (AvgIpc) is 3.11. The van der Waals surface area contributed by atoms with Gasteiger partial charge in [0.05, 0.1) is 0 Å². The molecule has 22 heavy (non-hydrogen) atoms. The van der Waals surface area contributed by atoms with Crippen molar-refractivity contribution in [2.24, 2.45) is 11.8 Å². The van der Waals surface area contributed by atoms with Gasteiger partial charge in [-0.25, -0.2) is 0 Å². The van der Waals surface area contributed by atoms with E-state index >= 15 is 0 Å². The molecule has 5 heteroatoms. The Morgan fingerprint density at radius 2 is 1.77 bits per heavy atom. The molecule has 1 N–H and O–H groups in total. The van der Waals surface area contributed by atoms with Crippen molar-refractivity contribution in [3.05, 3.63) is 35.1 Å². The Balaban J connectivity index is 0.00000144. The number of furan rings is 1. The molecule has 0 saturated carbocycles. The van der Waals surface area contributed by atoms with Crippen molar-refractivity contribution in [1.29, 1.82) is 0 Å². The molecule has 4 nitrogen and oxygen atoms in total. The summed E-state index contributed by atoms with van der Waals surface area (Å²) in [4.78, 5) is 14.6. The van der Waals surface area contributed by atoms with Crippen LogP contribution in [-0.2, 0) is 0 Å². The number of carbonyl (C=O) groups is 1. The van der Waals surface area contributed by atoms with E-state index in [1.54, 1.807) is 0 Å². The van der Waals surface area contributed by atoms with Crippen molar-refractivity contribution in [2.75, 3.05) is 26.2 Å². The number of fused-ring (bicyclic) bond motifs is 2. The van der Waals surface area contributed by atoms with Crippen LogP contribution in [0.5, 0.6) is 0 Å². The van der Waals surface area contributed by atoms with Gasteiger partial charge in [-0.15, -0.1) is 12.4 Å². The molecule has 2 aromatic rings. The molecule has 2 atom stereocenters. The van der Waals surface area contributed by atoms with E-state index in [4.69, 9.17) is 4.42 Å². The van der Waals surface area contributed by atoms with Crippen molar-refractivity contribution >= 4 is 29.3 Å². The highest BCUT2D eigenvalue weighted by Gasteiger charge is 2.38. The molecule has 0 unspecified atom stereocenters. The Kier molecular flexibility index (Phi) is 3.91. The number of hydrogen-bond donors (Lipinski definition) is 1. The second kappa shape index (κ2) is 5.60. The minimum Gasteiger partial charge on any atom is -0.451 e. The summed E-state index contributed by atoms with van der Waals surface area (Å²) < 4.78 is 5.79. The molecule has 1 aromatic heterocycles. The molecule has 2 saturated heterocycles. The third-order valence-electron chi connectivity index (χ3n) is 5.02. The molecule has 2 aliphatic rings. The monoisotopic (exact) mass is 320 g/mol. The summed E-state index contributed by atoms with van der Waals surface area (Å²) in [7, 11) is 0. The van der Waals surface area contributed by atoms with Gasteiger partial charge >= 0.3 is 0 Å². The first kappa shape index (κ1) is 15.4. The van der Waals surface area contributed by atoms with Gasteiger partial charge in [0.25, 0.3) is 5.91 Å². The fourth-order valence-corrected chi connectivity index (χ4v) is 3.58. The Bertz CT molecular complexity index is 674. The summed E-state index contributed by atoms with van der Waals surface area (Å²) in [6.45, 7) is 7.92. The van der Waals surface area contributed by atoms with E-state index in [1.165, 1.54) is 11.1 Å². The van der Waals surface area contributed by atoms with E-state index < -0.39 is 0 Å². The minimum absolute atomic E-state index is 0. The molecule has 2 fully saturated rings. The van der Waals surface area contributed by atoms with Crippen molar-refractivity contribution in [1.82, 2.24) is 10.2 Å². The molecule has 4 rings (SSSR count). The first-order chi connectivity index (χ1) is 10.1. The minimum atomic E-state index is 0. The molecule has 0 aliphatic carbocycles. The zero-order chi connectivity index (χ0) is 14.6. The van der Waals surface area contributed by atoms with Crippen LogP contribution in [0, 0.1) is 25.7 Å². The Labute approximate surface area is 136 Å². The van der Waals surface area contributed by atoms with Gasteiger partial charge in [0, 0.05) is 31.6 Å². The van der Waals surface area contributed by atoms with Gasteiger partial charge in [0.15, 0.2) is 5.76 Å². The van der Waals surface area contributed by atoms with Crippen LogP contribution in [0.2, 0.25) is 0 Å². The quantitative estimate of drug-likeness (QED) is 0.879. The first-order valence-electron chi connectivity index (χ1n) is 7.62. The van der Waals surface area contributed by atoms with Crippen LogP contribution >= 0.6 is 12.4 Å². The highest BCUT2D eigenvalue weighted by Crippen LogP contribution is 2.29. The summed E-state index contributed by atoms with van der Waals surface area (Å²) >= 11 is 0. The highest BCUT2D eigenvalue weighted by molar-refractivity contribution is 5.96. The van der Waals surface area contributed by atoms with E-state index in [0.717, 1.165) is 37.1 Å². The zero-order valence-corrected chi connectivity index (χ0v) is 13.7. The molecule has 0 bridgehead atoms. The molecule has 3 heterocycles. The number of amides is 1. The number of rotatable bonds is 1. The number of hydrogen-bond acceptors (Lipinski definition) is 3. The predicted molar refractivity (Wildman–Crippen MR) is 88.7 cm³/mol. The van der Waals surface area contributed by atoms with E-state index in [1.807, 2.05) is 17.0 Å². The average molecular weight is 321 g/mol. The standard InChI is InChI=1S/C17H20N2O2.ClH/c1-10-3-12-5-16(21-15(12)4-11(10)2)17(20)19-8-13-6-18-7-14(13)9-19;/h3-5,13-14,18H,6-9H2,1-2H3;1H/t13-,14+;. The van der Waals surface area contributed by atoms with Crippen molar-refractivity contribution < 1.29 is 9.21 Å². The number of carbonyl (C=O) groups excluding carboxylic acids is 1. The SMILES string of the molecule is Cc1cc2cc(C(=O)N3C[C@H]4CNC[C@H]4C3)oc2cc1C.Cl. The lowest BCUT2D eigenvalue weighted by Crippen LogP contribution is -2.31. The van der Waals surface area contributed by atoms with Gasteiger partial charge in [-0.1, -0.05) is 0 Å². The zero-order valence-electron chi connectivity index (χ0n) is 12.9. The lowest BCUT2D eigenvalue weighted by Gasteiger charge is -2.15. The van der Waals surface area contributed by atoms with Crippen LogP contribution in [0.4, 0.5) is 0 Å². The third-order valence-corrected chi connectivity index (χ3v) is 5.02. The predicted octanol–water partition coefficient (Wildman–Crippen LogP) is 2.76. The maximum atomic E-state index is 12.6. The van der Waals surface area contributed by atoms with Crippen molar-refractivity contribution in [3.8, 4) is 0 Å². The van der Waals surface area contributed by atoms with Crippen LogP contribution in [-0.4, -0.2) is 37.0 Å². The molecule has 2 aliphatic heterocycles. The highest BCUT2D eigenvalue weighted by atomic mass is 35.5. The topological polar surface area (TPSA) is 45.5 Å². The second-order valence-electron chi connectivity index (χ2n) is 6.47. The van der Waals surface area contributed by atoms with E-state index in [2.05, 4.69) is 25.2 Å². The summed E-state index contributed by atoms with van der Waals surface area (Å²) in [6.07, 6.45) is 0. The van der Waals surface area contributed by atoms with E-state index in [-0.39, 0.29) is 18.3 Å². The number of nitrogens with zero attached hydrogens (tertiary/aromatic N) is 1. The maximum absolute atomic E-state index is 12.6. The Morgan fingerprint density at radius 1 is 1.14 bits per heavy atom. The molecule has 0 radical (unpaired) electrons. The molecule has 118 valence electrons. The van der Waals surface area contributed by atoms with E-state index in [0.29, 0.717) is 17.6 Å². The summed E-state index contributed by atoms with van der Waals surface area (Å²) in [5.74, 6) is 1.74. The number of benzene rings is 1. The Hall–Kier alpha value is -1.52. The lowest BCUT2D eigenvalue weighted by atomic mass is 10.0. The van der Waals surface area contributed by atoms with Crippen LogP contribution in [0.3, 0.4) is 0 Å². The normalized spacial score (nSPS) is 23.6. The largest absolute Gasteiger partial charge is 0.451 e. The molecular weight excluding hydrogens is 300 g/mol. The van der Waals surface area contributed by atoms with E-state index in [9.17, 15) is 4.79 Å². The van der Waals surface area contributed by atoms with Crippen LogP contribution in [0.1, 0.15) is 21.7 Å². The summed E-state index contributed by atoms with van der Waals surface area (Å²) in [5, 5.41) is 4.41.